The van der Waals surface area contributed by atoms with Crippen molar-refractivity contribution >= 4 is 28.6 Å². The van der Waals surface area contributed by atoms with Gasteiger partial charge in [-0.3, -0.25) is 4.57 Å². The fourth-order valence-corrected chi connectivity index (χ4v) is 2.87. The van der Waals surface area contributed by atoms with Crippen LogP contribution < -0.4 is 4.90 Å². The van der Waals surface area contributed by atoms with E-state index < -0.39 is 6.67 Å². The zero-order valence-electron chi connectivity index (χ0n) is 12.7. The van der Waals surface area contributed by atoms with Crippen molar-refractivity contribution in [3.8, 4) is 5.95 Å². The summed E-state index contributed by atoms with van der Waals surface area (Å²) in [5, 5.41) is 0.0593. The van der Waals surface area contributed by atoms with Gasteiger partial charge in [-0.2, -0.15) is 15.0 Å². The molecule has 0 aliphatic carbocycles. The Hall–Kier alpha value is -2.32. The van der Waals surface area contributed by atoms with Crippen LogP contribution in [0.25, 0.3) is 17.0 Å². The molecule has 124 valence electrons. The van der Waals surface area contributed by atoms with Gasteiger partial charge in [0.2, 0.25) is 17.2 Å². The molecule has 0 unspecified atom stereocenters. The average molecular weight is 349 g/mol. The number of alkyl halides is 1. The van der Waals surface area contributed by atoms with Crippen LogP contribution in [0.2, 0.25) is 5.28 Å². The van der Waals surface area contributed by atoms with Gasteiger partial charge >= 0.3 is 0 Å². The second kappa shape index (κ2) is 6.29. The quantitative estimate of drug-likeness (QED) is 0.722. The van der Waals surface area contributed by atoms with Crippen LogP contribution >= 0.6 is 11.6 Å². The van der Waals surface area contributed by atoms with Gasteiger partial charge in [-0.15, -0.1) is 0 Å². The van der Waals surface area contributed by atoms with Crippen LogP contribution in [0.4, 0.5) is 10.3 Å². The maximum atomic E-state index is 13.5. The normalized spacial score (nSPS) is 15.2. The molecule has 0 atom stereocenters. The topological polar surface area (TPSA) is 69.0 Å². The molecule has 1 aliphatic rings. The molecule has 0 spiro atoms. The van der Waals surface area contributed by atoms with E-state index in [1.165, 1.54) is 0 Å². The summed E-state index contributed by atoms with van der Waals surface area (Å²) < 4.78 is 20.4. The van der Waals surface area contributed by atoms with E-state index in [0.29, 0.717) is 37.8 Å². The van der Waals surface area contributed by atoms with Crippen molar-refractivity contribution in [3.05, 3.63) is 35.4 Å². The third-order valence-electron chi connectivity index (χ3n) is 3.83. The molecule has 0 radical (unpaired) electrons. The van der Waals surface area contributed by atoms with E-state index in [4.69, 9.17) is 16.3 Å². The van der Waals surface area contributed by atoms with Gasteiger partial charge in [0.1, 0.15) is 12.5 Å². The smallest absolute Gasteiger partial charge is 0.241 e. The third-order valence-corrected chi connectivity index (χ3v) is 4.00. The molecular formula is C15H14ClFN6O. The number of ether oxygens (including phenoxy) is 1. The van der Waals surface area contributed by atoms with Crippen molar-refractivity contribution in [1.29, 1.82) is 0 Å². The number of nitrogens with zero attached hydrogens (tertiary/aromatic N) is 6. The molecule has 0 amide bonds. The SMILES string of the molecule is FCc1nc2ccccc2n1-c1nc(Cl)nc(N2CCOCC2)n1. The lowest BCUT2D eigenvalue weighted by Crippen LogP contribution is -2.37. The molecule has 3 aromatic rings. The number of hydrogen-bond acceptors (Lipinski definition) is 6. The van der Waals surface area contributed by atoms with Crippen LogP contribution in [-0.4, -0.2) is 50.8 Å². The summed E-state index contributed by atoms with van der Waals surface area (Å²) in [6, 6.07) is 7.36. The fraction of sp³-hybridized carbons (Fsp3) is 0.333. The molecule has 2 aromatic heterocycles. The van der Waals surface area contributed by atoms with Crippen molar-refractivity contribution in [2.75, 3.05) is 31.2 Å². The minimum atomic E-state index is -0.731. The summed E-state index contributed by atoms with van der Waals surface area (Å²) in [4.78, 5) is 19.1. The molecule has 1 aromatic carbocycles. The van der Waals surface area contributed by atoms with Gasteiger partial charge in [0.05, 0.1) is 24.2 Å². The Balaban J connectivity index is 1.86. The minimum absolute atomic E-state index is 0.0593. The number of imidazole rings is 1. The maximum absolute atomic E-state index is 13.5. The average Bonchev–Trinajstić information content (AvgIpc) is 3.00. The van der Waals surface area contributed by atoms with Gasteiger partial charge in [0.25, 0.3) is 0 Å². The van der Waals surface area contributed by atoms with Crippen LogP contribution in [0.3, 0.4) is 0 Å². The first-order chi connectivity index (χ1) is 11.8. The van der Waals surface area contributed by atoms with Crippen LogP contribution in [0.5, 0.6) is 0 Å². The predicted octanol–water partition coefficient (Wildman–Crippen LogP) is 2.17. The molecule has 0 saturated carbocycles. The molecule has 24 heavy (non-hydrogen) atoms. The van der Waals surface area contributed by atoms with Crippen LogP contribution in [-0.2, 0) is 11.4 Å². The van der Waals surface area contributed by atoms with Gasteiger partial charge in [-0.05, 0) is 23.7 Å². The second-order valence-corrected chi connectivity index (χ2v) is 5.63. The number of rotatable bonds is 3. The Bertz CT molecular complexity index is 880. The van der Waals surface area contributed by atoms with Crippen molar-refractivity contribution < 1.29 is 9.13 Å². The van der Waals surface area contributed by atoms with E-state index >= 15 is 0 Å². The molecule has 1 aliphatic heterocycles. The lowest BCUT2D eigenvalue weighted by Gasteiger charge is -2.26. The standard InChI is InChI=1S/C15H14ClFN6O/c16-13-19-14(22-5-7-24-8-6-22)21-15(20-13)23-11-4-2-1-3-10(11)18-12(23)9-17/h1-4H,5-9H2. The molecule has 0 N–H and O–H groups in total. The lowest BCUT2D eigenvalue weighted by molar-refractivity contribution is 0.122. The van der Waals surface area contributed by atoms with E-state index in [0.717, 1.165) is 5.52 Å². The van der Waals surface area contributed by atoms with E-state index in [2.05, 4.69) is 19.9 Å². The predicted molar refractivity (Wildman–Crippen MR) is 87.3 cm³/mol. The zero-order valence-corrected chi connectivity index (χ0v) is 13.4. The van der Waals surface area contributed by atoms with Crippen LogP contribution in [0, 0.1) is 0 Å². The number of aromatic nitrogens is 5. The summed E-state index contributed by atoms with van der Waals surface area (Å²) >= 11 is 6.09. The maximum Gasteiger partial charge on any atom is 0.241 e. The monoisotopic (exact) mass is 348 g/mol. The first kappa shape index (κ1) is 15.2. The van der Waals surface area contributed by atoms with E-state index in [1.807, 2.05) is 29.2 Å². The number of hydrogen-bond donors (Lipinski definition) is 0. The molecule has 9 heteroatoms. The van der Waals surface area contributed by atoms with Crippen molar-refractivity contribution in [3.63, 3.8) is 0 Å². The highest BCUT2D eigenvalue weighted by Crippen LogP contribution is 2.22. The number of anilines is 1. The second-order valence-electron chi connectivity index (χ2n) is 5.29. The Kier molecular flexibility index (Phi) is 3.99. The van der Waals surface area contributed by atoms with Gasteiger partial charge in [-0.25, -0.2) is 9.37 Å². The number of morpholine rings is 1. The number of para-hydroxylation sites is 2. The van der Waals surface area contributed by atoms with E-state index in [-0.39, 0.29) is 17.1 Å². The summed E-state index contributed by atoms with van der Waals surface area (Å²) in [5.41, 5.74) is 1.40. The van der Waals surface area contributed by atoms with Crippen LogP contribution in [0.1, 0.15) is 5.82 Å². The van der Waals surface area contributed by atoms with Crippen molar-refractivity contribution in [1.82, 2.24) is 24.5 Å². The largest absolute Gasteiger partial charge is 0.378 e. The molecule has 3 heterocycles. The Morgan fingerprint density at radius 1 is 1.04 bits per heavy atom. The molecule has 0 bridgehead atoms. The summed E-state index contributed by atoms with van der Waals surface area (Å²) in [6.45, 7) is 1.80. The summed E-state index contributed by atoms with van der Waals surface area (Å²) in [6.07, 6.45) is 0. The lowest BCUT2D eigenvalue weighted by atomic mass is 10.3. The Labute approximate surface area is 142 Å². The van der Waals surface area contributed by atoms with Crippen molar-refractivity contribution in [2.45, 2.75) is 6.67 Å². The molecule has 7 nitrogen and oxygen atoms in total. The first-order valence-corrected chi connectivity index (χ1v) is 7.91. The first-order valence-electron chi connectivity index (χ1n) is 7.53. The highest BCUT2D eigenvalue weighted by atomic mass is 35.5. The highest BCUT2D eigenvalue weighted by molar-refractivity contribution is 6.28. The highest BCUT2D eigenvalue weighted by Gasteiger charge is 2.19. The fourth-order valence-electron chi connectivity index (χ4n) is 2.72. The molecule has 4 rings (SSSR count). The van der Waals surface area contributed by atoms with Gasteiger partial charge in [0.15, 0.2) is 0 Å². The molecule has 1 saturated heterocycles. The van der Waals surface area contributed by atoms with E-state index in [9.17, 15) is 4.39 Å². The number of fused-ring (bicyclic) bond motifs is 1. The number of halogens is 2. The van der Waals surface area contributed by atoms with Gasteiger partial charge in [0, 0.05) is 13.1 Å². The number of benzene rings is 1. The molecule has 1 fully saturated rings. The Morgan fingerprint density at radius 2 is 1.79 bits per heavy atom. The van der Waals surface area contributed by atoms with E-state index in [1.54, 1.807) is 4.57 Å². The third kappa shape index (κ3) is 2.67. The molecular weight excluding hydrogens is 335 g/mol. The van der Waals surface area contributed by atoms with Crippen molar-refractivity contribution in [2.24, 2.45) is 0 Å². The minimum Gasteiger partial charge on any atom is -0.378 e. The summed E-state index contributed by atoms with van der Waals surface area (Å²) in [7, 11) is 0. The Morgan fingerprint density at radius 3 is 2.58 bits per heavy atom. The zero-order chi connectivity index (χ0) is 16.5. The van der Waals surface area contributed by atoms with Crippen LogP contribution in [0.15, 0.2) is 24.3 Å². The van der Waals surface area contributed by atoms with Gasteiger partial charge in [-0.1, -0.05) is 12.1 Å². The van der Waals surface area contributed by atoms with Gasteiger partial charge < -0.3 is 9.64 Å². The summed E-state index contributed by atoms with van der Waals surface area (Å²) in [5.74, 6) is 0.945.